The third kappa shape index (κ3) is 4.43. The van der Waals surface area contributed by atoms with Crippen molar-refractivity contribution < 1.29 is 14.5 Å². The van der Waals surface area contributed by atoms with Gasteiger partial charge >= 0.3 is 0 Å². The number of carbonyl (C=O) groups is 2. The first-order valence-electron chi connectivity index (χ1n) is 8.39. The molecule has 0 aromatic heterocycles. The second kappa shape index (κ2) is 7.25. The fourth-order valence-electron chi connectivity index (χ4n) is 3.83. The average Bonchev–Trinajstić information content (AvgIpc) is 2.44. The van der Waals surface area contributed by atoms with E-state index >= 15 is 0 Å². The van der Waals surface area contributed by atoms with E-state index in [4.69, 9.17) is 5.73 Å². The van der Waals surface area contributed by atoms with Crippen LogP contribution < -0.4 is 16.0 Å². The van der Waals surface area contributed by atoms with Gasteiger partial charge < -0.3 is 16.0 Å². The fourth-order valence-corrected chi connectivity index (χ4v) is 3.83. The van der Waals surface area contributed by atoms with Crippen LogP contribution in [0, 0.1) is 17.8 Å². The zero-order valence-corrected chi connectivity index (χ0v) is 13.4. The molecule has 1 heterocycles. The topological polar surface area (TPSA) is 76.6 Å². The molecule has 0 aromatic carbocycles. The first-order chi connectivity index (χ1) is 9.97. The molecule has 1 saturated carbocycles. The number of rotatable bonds is 4. The van der Waals surface area contributed by atoms with Gasteiger partial charge in [0.25, 0.3) is 5.91 Å². The summed E-state index contributed by atoms with van der Waals surface area (Å²) in [5, 5.41) is 3.21. The second-order valence-electron chi connectivity index (χ2n) is 7.06. The first-order valence-corrected chi connectivity index (χ1v) is 8.39. The highest BCUT2D eigenvalue weighted by atomic mass is 16.2. The molecule has 4 N–H and O–H groups in total. The molecule has 21 heavy (non-hydrogen) atoms. The molecule has 1 unspecified atom stereocenters. The third-order valence-electron chi connectivity index (χ3n) is 5.48. The number of carbonyl (C=O) groups excluding carboxylic acids is 2. The fraction of sp³-hybridized carbons (Fsp3) is 0.875. The highest BCUT2D eigenvalue weighted by molar-refractivity contribution is 5.78. The van der Waals surface area contributed by atoms with Crippen LogP contribution in [0.3, 0.4) is 0 Å². The largest absolute Gasteiger partial charge is 0.369 e. The van der Waals surface area contributed by atoms with Gasteiger partial charge in [0.15, 0.2) is 6.54 Å². The molecule has 0 radical (unpaired) electrons. The highest BCUT2D eigenvalue weighted by Crippen LogP contribution is 2.29. The van der Waals surface area contributed by atoms with Gasteiger partial charge in [0.2, 0.25) is 5.91 Å². The summed E-state index contributed by atoms with van der Waals surface area (Å²) in [5.41, 5.74) is 5.39. The monoisotopic (exact) mass is 296 g/mol. The van der Waals surface area contributed by atoms with Gasteiger partial charge in [0.05, 0.1) is 19.0 Å². The molecule has 120 valence electrons. The van der Waals surface area contributed by atoms with Crippen LogP contribution in [0.15, 0.2) is 0 Å². The summed E-state index contributed by atoms with van der Waals surface area (Å²) >= 11 is 0. The summed E-state index contributed by atoms with van der Waals surface area (Å²) in [6.45, 7) is 6.66. The highest BCUT2D eigenvalue weighted by Gasteiger charge is 2.31. The van der Waals surface area contributed by atoms with Crippen LogP contribution in [0.25, 0.3) is 0 Å². The van der Waals surface area contributed by atoms with Crippen molar-refractivity contribution in [3.05, 3.63) is 0 Å². The average molecular weight is 296 g/mol. The summed E-state index contributed by atoms with van der Waals surface area (Å²) in [6.07, 6.45) is 5.42. The van der Waals surface area contributed by atoms with Crippen LogP contribution in [0.4, 0.5) is 0 Å². The zero-order valence-electron chi connectivity index (χ0n) is 13.4. The molecular weight excluding hydrogens is 266 g/mol. The minimum absolute atomic E-state index is 0.0600. The van der Waals surface area contributed by atoms with Gasteiger partial charge in [-0.1, -0.05) is 26.7 Å². The number of primary amides is 1. The predicted molar refractivity (Wildman–Crippen MR) is 81.6 cm³/mol. The van der Waals surface area contributed by atoms with Crippen molar-refractivity contribution >= 4 is 11.8 Å². The van der Waals surface area contributed by atoms with Crippen molar-refractivity contribution in [3.63, 3.8) is 0 Å². The van der Waals surface area contributed by atoms with E-state index in [2.05, 4.69) is 19.2 Å². The molecule has 2 fully saturated rings. The number of nitrogens with two attached hydrogens (primary N) is 1. The molecule has 2 amide bonds. The molecule has 1 aliphatic heterocycles. The molecule has 5 heteroatoms. The number of nitrogens with one attached hydrogen (secondary N) is 2. The summed E-state index contributed by atoms with van der Waals surface area (Å²) in [4.78, 5) is 24.7. The Balaban J connectivity index is 1.80. The lowest BCUT2D eigenvalue weighted by Gasteiger charge is -2.35. The molecule has 1 aliphatic carbocycles. The Labute approximate surface area is 127 Å². The Hall–Kier alpha value is -1.10. The Morgan fingerprint density at radius 1 is 1.19 bits per heavy atom. The van der Waals surface area contributed by atoms with Crippen LogP contribution in [-0.2, 0) is 9.59 Å². The lowest BCUT2D eigenvalue weighted by molar-refractivity contribution is -0.899. The Bertz CT molecular complexity index is 386. The van der Waals surface area contributed by atoms with E-state index in [1.165, 1.54) is 17.7 Å². The minimum Gasteiger partial charge on any atom is -0.369 e. The number of quaternary nitrogens is 1. The van der Waals surface area contributed by atoms with Crippen LogP contribution in [0.2, 0.25) is 0 Å². The zero-order chi connectivity index (χ0) is 15.4. The minimum atomic E-state index is -0.220. The van der Waals surface area contributed by atoms with Crippen molar-refractivity contribution in [2.75, 3.05) is 19.6 Å². The smallest absolute Gasteiger partial charge is 0.275 e. The Morgan fingerprint density at radius 3 is 2.67 bits per heavy atom. The van der Waals surface area contributed by atoms with E-state index in [1.807, 2.05) is 0 Å². The van der Waals surface area contributed by atoms with E-state index in [-0.39, 0.29) is 17.7 Å². The number of amides is 2. The maximum Gasteiger partial charge on any atom is 0.275 e. The van der Waals surface area contributed by atoms with Crippen LogP contribution in [0.5, 0.6) is 0 Å². The third-order valence-corrected chi connectivity index (χ3v) is 5.48. The molecule has 1 saturated heterocycles. The summed E-state index contributed by atoms with van der Waals surface area (Å²) in [5.74, 6) is 1.08. The standard InChI is InChI=1S/C16H29N3O2/c1-11-5-3-7-14(12(11)2)18-15(20)10-19-8-4-6-13(9-19)16(17)21/h11-14H,3-10H2,1-2H3,(H2,17,21)(H,18,20)/p+1/t11-,12-,13+,14-/m1/s1. The predicted octanol–water partition coefficient (Wildman–Crippen LogP) is -0.292. The van der Waals surface area contributed by atoms with Crippen LogP contribution in [-0.4, -0.2) is 37.5 Å². The second-order valence-corrected chi connectivity index (χ2v) is 7.06. The van der Waals surface area contributed by atoms with E-state index in [0.717, 1.165) is 25.8 Å². The van der Waals surface area contributed by atoms with Crippen molar-refractivity contribution in [2.24, 2.45) is 23.5 Å². The maximum atomic E-state index is 12.3. The molecular formula is C16H30N3O2+. The van der Waals surface area contributed by atoms with E-state index in [0.29, 0.717) is 31.0 Å². The molecule has 0 spiro atoms. The molecule has 2 rings (SSSR count). The Morgan fingerprint density at radius 2 is 1.95 bits per heavy atom. The quantitative estimate of drug-likeness (QED) is 0.666. The molecule has 2 aliphatic rings. The van der Waals surface area contributed by atoms with Crippen molar-refractivity contribution in [3.8, 4) is 0 Å². The van der Waals surface area contributed by atoms with Crippen molar-refractivity contribution in [1.82, 2.24) is 5.32 Å². The molecule has 5 nitrogen and oxygen atoms in total. The molecule has 0 aromatic rings. The van der Waals surface area contributed by atoms with Gasteiger partial charge in [-0.3, -0.25) is 9.59 Å². The van der Waals surface area contributed by atoms with Crippen LogP contribution in [0.1, 0.15) is 46.0 Å². The van der Waals surface area contributed by atoms with Gasteiger partial charge in [-0.25, -0.2) is 0 Å². The Kier molecular flexibility index (Phi) is 5.62. The van der Waals surface area contributed by atoms with Gasteiger partial charge in [0.1, 0.15) is 0 Å². The van der Waals surface area contributed by atoms with Crippen LogP contribution >= 0.6 is 0 Å². The van der Waals surface area contributed by atoms with Gasteiger partial charge in [-0.05, 0) is 31.1 Å². The summed E-state index contributed by atoms with van der Waals surface area (Å²) in [6, 6.07) is 0.317. The molecule has 0 bridgehead atoms. The number of hydrogen-bond acceptors (Lipinski definition) is 2. The lowest BCUT2D eigenvalue weighted by Crippen LogP contribution is -3.15. The van der Waals surface area contributed by atoms with Gasteiger partial charge in [-0.2, -0.15) is 0 Å². The first kappa shape index (κ1) is 16.3. The van der Waals surface area contributed by atoms with E-state index < -0.39 is 0 Å². The van der Waals surface area contributed by atoms with E-state index in [1.54, 1.807) is 0 Å². The van der Waals surface area contributed by atoms with Crippen molar-refractivity contribution in [2.45, 2.75) is 52.0 Å². The maximum absolute atomic E-state index is 12.3. The SMILES string of the molecule is C[C@@H]1[C@H](C)CCC[C@H]1NC(=O)C[NH+]1CCC[C@H](C(N)=O)C1. The van der Waals surface area contributed by atoms with Gasteiger partial charge in [-0.15, -0.1) is 0 Å². The number of hydrogen-bond donors (Lipinski definition) is 3. The van der Waals surface area contributed by atoms with Crippen molar-refractivity contribution in [1.29, 1.82) is 0 Å². The number of likely N-dealkylation sites (tertiary alicyclic amines) is 1. The summed E-state index contributed by atoms with van der Waals surface area (Å²) in [7, 11) is 0. The normalized spacial score (nSPS) is 37.0. The van der Waals surface area contributed by atoms with E-state index in [9.17, 15) is 9.59 Å². The summed E-state index contributed by atoms with van der Waals surface area (Å²) < 4.78 is 0. The lowest BCUT2D eigenvalue weighted by atomic mass is 9.78. The molecule has 5 atom stereocenters. The number of piperidine rings is 1. The van der Waals surface area contributed by atoms with Gasteiger partial charge in [0, 0.05) is 6.04 Å².